The number of rotatable bonds is 3. The van der Waals surface area contributed by atoms with Crippen molar-refractivity contribution in [3.8, 4) is 5.75 Å². The highest BCUT2D eigenvalue weighted by atomic mass is 79.9. The molecule has 1 aliphatic heterocycles. The number of hydrogen-bond acceptors (Lipinski definition) is 4. The lowest BCUT2D eigenvalue weighted by Crippen LogP contribution is -2.12. The SMILES string of the molecule is COc1ccccc1NC1=NS(=O)(=O)C(c2cccc(Br)c2)=C1C. The molecule has 0 aliphatic carbocycles. The van der Waals surface area contributed by atoms with Crippen LogP contribution in [0.5, 0.6) is 5.75 Å². The van der Waals surface area contributed by atoms with Crippen LogP contribution in [0, 0.1) is 0 Å². The molecule has 0 unspecified atom stereocenters. The van der Waals surface area contributed by atoms with Gasteiger partial charge in [-0.1, -0.05) is 40.2 Å². The van der Waals surface area contributed by atoms with E-state index in [1.54, 1.807) is 44.4 Å². The van der Waals surface area contributed by atoms with Crippen LogP contribution in [0.15, 0.2) is 63.0 Å². The molecule has 5 nitrogen and oxygen atoms in total. The minimum Gasteiger partial charge on any atom is -0.495 e. The average molecular weight is 407 g/mol. The maximum atomic E-state index is 12.5. The van der Waals surface area contributed by atoms with Gasteiger partial charge in [-0.25, -0.2) is 0 Å². The van der Waals surface area contributed by atoms with E-state index < -0.39 is 10.0 Å². The quantitative estimate of drug-likeness (QED) is 0.834. The Kier molecular flexibility index (Phi) is 4.47. The summed E-state index contributed by atoms with van der Waals surface area (Å²) in [4.78, 5) is 0.209. The Balaban J connectivity index is 2.05. The van der Waals surface area contributed by atoms with Gasteiger partial charge >= 0.3 is 0 Å². The standard InChI is InChI=1S/C17H15BrN2O3S/c1-11-16(12-6-5-7-13(18)10-12)24(21,22)20-17(11)19-14-8-3-4-9-15(14)23-2/h3-10H,1-2H3,(H,19,20). The van der Waals surface area contributed by atoms with Crippen molar-refractivity contribution in [1.82, 2.24) is 0 Å². The summed E-state index contributed by atoms with van der Waals surface area (Å²) in [5.74, 6) is 0.913. The highest BCUT2D eigenvalue weighted by Gasteiger charge is 2.31. The zero-order valence-electron chi connectivity index (χ0n) is 13.1. The number of anilines is 1. The van der Waals surface area contributed by atoms with Gasteiger partial charge in [0.1, 0.15) is 16.5 Å². The second-order valence-electron chi connectivity index (χ2n) is 5.20. The summed E-state index contributed by atoms with van der Waals surface area (Å²) in [7, 11) is -2.19. The molecule has 2 aromatic rings. The Bertz CT molecular complexity index is 965. The Morgan fingerprint density at radius 3 is 2.58 bits per heavy atom. The maximum absolute atomic E-state index is 12.5. The molecule has 24 heavy (non-hydrogen) atoms. The topological polar surface area (TPSA) is 67.8 Å². The van der Waals surface area contributed by atoms with Gasteiger partial charge in [-0.05, 0) is 36.8 Å². The molecular weight excluding hydrogens is 392 g/mol. The molecular formula is C17H15BrN2O3S. The first kappa shape index (κ1) is 16.7. The molecule has 1 aliphatic rings. The first-order chi connectivity index (χ1) is 11.4. The predicted octanol–water partition coefficient (Wildman–Crippen LogP) is 4.04. The summed E-state index contributed by atoms with van der Waals surface area (Å²) in [6.07, 6.45) is 0. The van der Waals surface area contributed by atoms with Crippen LogP contribution in [0.3, 0.4) is 0 Å². The molecule has 0 radical (unpaired) electrons. The summed E-state index contributed by atoms with van der Waals surface area (Å²) < 4.78 is 35.0. The van der Waals surface area contributed by atoms with Crippen LogP contribution >= 0.6 is 15.9 Å². The van der Waals surface area contributed by atoms with Gasteiger partial charge in [-0.3, -0.25) is 0 Å². The zero-order chi connectivity index (χ0) is 17.3. The van der Waals surface area contributed by atoms with E-state index in [9.17, 15) is 8.42 Å². The second kappa shape index (κ2) is 6.41. The van der Waals surface area contributed by atoms with Crippen molar-refractivity contribution < 1.29 is 13.2 Å². The van der Waals surface area contributed by atoms with Gasteiger partial charge in [-0.15, -0.1) is 4.40 Å². The number of para-hydroxylation sites is 2. The Morgan fingerprint density at radius 1 is 1.12 bits per heavy atom. The molecule has 0 amide bonds. The van der Waals surface area contributed by atoms with Gasteiger partial charge in [0.05, 0.1) is 12.8 Å². The number of halogens is 1. The maximum Gasteiger partial charge on any atom is 0.285 e. The van der Waals surface area contributed by atoms with Gasteiger partial charge in [0.15, 0.2) is 0 Å². The molecule has 0 fully saturated rings. The van der Waals surface area contributed by atoms with Crippen molar-refractivity contribution in [2.75, 3.05) is 12.4 Å². The lowest BCUT2D eigenvalue weighted by Gasteiger charge is -2.11. The molecule has 1 heterocycles. The van der Waals surface area contributed by atoms with E-state index >= 15 is 0 Å². The number of hydrogen-bond donors (Lipinski definition) is 1. The summed E-state index contributed by atoms with van der Waals surface area (Å²) in [5.41, 5.74) is 1.82. The third kappa shape index (κ3) is 3.09. The van der Waals surface area contributed by atoms with Crippen molar-refractivity contribution in [2.24, 2.45) is 4.40 Å². The molecule has 0 saturated carbocycles. The monoisotopic (exact) mass is 406 g/mol. The van der Waals surface area contributed by atoms with Gasteiger partial charge in [0, 0.05) is 10.0 Å². The molecule has 7 heteroatoms. The summed E-state index contributed by atoms with van der Waals surface area (Å²) in [6.45, 7) is 1.74. The molecule has 0 aromatic heterocycles. The van der Waals surface area contributed by atoms with Crippen molar-refractivity contribution in [2.45, 2.75) is 6.92 Å². The minimum atomic E-state index is -3.75. The predicted molar refractivity (Wildman–Crippen MR) is 99.7 cm³/mol. The molecule has 1 N–H and O–H groups in total. The van der Waals surface area contributed by atoms with E-state index in [2.05, 4.69) is 25.6 Å². The van der Waals surface area contributed by atoms with E-state index in [4.69, 9.17) is 4.74 Å². The molecule has 0 bridgehead atoms. The van der Waals surface area contributed by atoms with Crippen LogP contribution < -0.4 is 10.1 Å². The van der Waals surface area contributed by atoms with Gasteiger partial charge in [0.25, 0.3) is 10.0 Å². The molecule has 124 valence electrons. The second-order valence-corrected chi connectivity index (χ2v) is 7.66. The fourth-order valence-corrected chi connectivity index (χ4v) is 4.34. The van der Waals surface area contributed by atoms with Crippen LogP contribution in [-0.2, 0) is 10.0 Å². The molecule has 0 saturated heterocycles. The summed E-state index contributed by atoms with van der Waals surface area (Å²) >= 11 is 3.37. The number of sulfonamides is 1. The Hall–Kier alpha value is -2.12. The number of nitrogens with zero attached hydrogens (tertiary/aromatic N) is 1. The number of ether oxygens (including phenoxy) is 1. The van der Waals surface area contributed by atoms with Crippen molar-refractivity contribution >= 4 is 42.4 Å². The number of amidine groups is 1. The Morgan fingerprint density at radius 2 is 1.88 bits per heavy atom. The third-order valence-corrected chi connectivity index (χ3v) is 5.59. The van der Waals surface area contributed by atoms with Gasteiger partial charge in [0.2, 0.25) is 0 Å². The third-order valence-electron chi connectivity index (χ3n) is 3.61. The highest BCUT2D eigenvalue weighted by Crippen LogP contribution is 2.35. The zero-order valence-corrected chi connectivity index (χ0v) is 15.5. The van der Waals surface area contributed by atoms with Crippen molar-refractivity contribution in [1.29, 1.82) is 0 Å². The first-order valence-corrected chi connectivity index (χ1v) is 9.38. The molecule has 0 atom stereocenters. The lowest BCUT2D eigenvalue weighted by atomic mass is 10.1. The summed E-state index contributed by atoms with van der Waals surface area (Å²) in [5, 5.41) is 3.06. The van der Waals surface area contributed by atoms with Crippen LogP contribution in [-0.4, -0.2) is 21.4 Å². The smallest absolute Gasteiger partial charge is 0.285 e. The fourth-order valence-electron chi connectivity index (χ4n) is 2.52. The number of methoxy groups -OCH3 is 1. The van der Waals surface area contributed by atoms with Gasteiger partial charge < -0.3 is 10.1 Å². The van der Waals surface area contributed by atoms with Crippen LogP contribution in [0.25, 0.3) is 4.91 Å². The minimum absolute atomic E-state index is 0.209. The van der Waals surface area contributed by atoms with E-state index in [0.717, 1.165) is 4.47 Å². The van der Waals surface area contributed by atoms with E-state index in [1.165, 1.54) is 0 Å². The molecule has 2 aromatic carbocycles. The van der Waals surface area contributed by atoms with Crippen LogP contribution in [0.4, 0.5) is 5.69 Å². The number of benzene rings is 2. The van der Waals surface area contributed by atoms with Crippen LogP contribution in [0.1, 0.15) is 12.5 Å². The van der Waals surface area contributed by atoms with E-state index in [0.29, 0.717) is 28.4 Å². The normalized spacial score (nSPS) is 16.0. The van der Waals surface area contributed by atoms with E-state index in [-0.39, 0.29) is 4.91 Å². The first-order valence-electron chi connectivity index (χ1n) is 7.14. The fraction of sp³-hybridized carbons (Fsp3) is 0.118. The van der Waals surface area contributed by atoms with Crippen molar-refractivity contribution in [3.63, 3.8) is 0 Å². The van der Waals surface area contributed by atoms with Gasteiger partial charge in [-0.2, -0.15) is 8.42 Å². The molecule has 0 spiro atoms. The number of nitrogens with one attached hydrogen (secondary N) is 1. The van der Waals surface area contributed by atoms with Crippen molar-refractivity contribution in [3.05, 3.63) is 64.1 Å². The highest BCUT2D eigenvalue weighted by molar-refractivity contribution is 9.10. The molecule has 3 rings (SSSR count). The lowest BCUT2D eigenvalue weighted by molar-refractivity contribution is 0.417. The summed E-state index contributed by atoms with van der Waals surface area (Å²) in [6, 6.07) is 14.4. The van der Waals surface area contributed by atoms with Crippen LogP contribution in [0.2, 0.25) is 0 Å². The average Bonchev–Trinajstić information content (AvgIpc) is 2.76. The largest absolute Gasteiger partial charge is 0.495 e. The Labute approximate surface area is 149 Å². The van der Waals surface area contributed by atoms with E-state index in [1.807, 2.05) is 18.2 Å².